The van der Waals surface area contributed by atoms with Crippen molar-refractivity contribution in [3.8, 4) is 5.75 Å². The van der Waals surface area contributed by atoms with Crippen LogP contribution in [0.4, 0.5) is 10.5 Å². The Labute approximate surface area is 411 Å². The number of hydrogen-bond donors (Lipinski definition) is 4. The molecule has 4 aromatic carbocycles. The van der Waals surface area contributed by atoms with Crippen molar-refractivity contribution in [1.82, 2.24) is 25.8 Å². The molecule has 2 aromatic heterocycles. The molecule has 2 saturated heterocycles. The number of carbonyl (C=O) groups excluding carboxylic acids is 4. The molecule has 0 unspecified atom stereocenters. The molecular formula is C55H62N6O8S. The largest absolute Gasteiger partial charge is 0.493 e. The number of aryl methyl sites for hydroxylation is 3. The highest BCUT2D eigenvalue weighted by atomic mass is 32.2. The summed E-state index contributed by atoms with van der Waals surface area (Å²) in [4.78, 5) is 66.8. The van der Waals surface area contributed by atoms with Crippen molar-refractivity contribution in [2.75, 3.05) is 43.5 Å². The Hall–Kier alpha value is -6.48. The summed E-state index contributed by atoms with van der Waals surface area (Å²) in [5.74, 6) is 0.484. The van der Waals surface area contributed by atoms with Gasteiger partial charge in [-0.25, -0.2) is 14.4 Å². The number of carbonyl (C=O) groups is 4. The SMILES string of the molecule is O=C(CCCC[C@@H]1SC[C@@H]2NC(=O)N[C@@H]21)NCc1cc(OCCCn2c3ccccc3c3ccccc32)cc(C(=O)OCCCCCCNC(=O)c2cc3cc4c5c(c3oc2=O)CCCN5CCC4)c1. The fourth-order valence-corrected chi connectivity index (χ4v) is 12.5. The Morgan fingerprint density at radius 3 is 2.41 bits per heavy atom. The second-order valence-electron chi connectivity index (χ2n) is 19.1. The Kier molecular flexibility index (Phi) is 14.6. The van der Waals surface area contributed by atoms with Gasteiger partial charge in [0.1, 0.15) is 16.9 Å². The normalized spacial score (nSPS) is 18.1. The van der Waals surface area contributed by atoms with Gasteiger partial charge in [0.15, 0.2) is 0 Å². The van der Waals surface area contributed by atoms with Crippen LogP contribution in [0, 0.1) is 0 Å². The van der Waals surface area contributed by atoms with Crippen LogP contribution in [0.1, 0.15) is 108 Å². The van der Waals surface area contributed by atoms with E-state index in [1.807, 2.05) is 17.8 Å². The van der Waals surface area contributed by atoms with Crippen LogP contribution in [0.25, 0.3) is 32.8 Å². The molecule has 3 atom stereocenters. The molecule has 15 heteroatoms. The van der Waals surface area contributed by atoms with Crippen molar-refractivity contribution < 1.29 is 33.1 Å². The zero-order valence-electron chi connectivity index (χ0n) is 39.7. The lowest BCUT2D eigenvalue weighted by Gasteiger charge is -2.37. The van der Waals surface area contributed by atoms with Gasteiger partial charge in [-0.05, 0) is 118 Å². The monoisotopic (exact) mass is 966 g/mol. The molecule has 0 saturated carbocycles. The topological polar surface area (TPSA) is 173 Å². The molecule has 2 fully saturated rings. The average Bonchev–Trinajstić information content (AvgIpc) is 4.04. The molecule has 0 bridgehead atoms. The smallest absolute Gasteiger partial charge is 0.349 e. The first kappa shape index (κ1) is 47.2. The van der Waals surface area contributed by atoms with E-state index in [-0.39, 0.29) is 42.7 Å². The summed E-state index contributed by atoms with van der Waals surface area (Å²) in [7, 11) is 0. The summed E-state index contributed by atoms with van der Waals surface area (Å²) >= 11 is 1.88. The second-order valence-corrected chi connectivity index (χ2v) is 20.4. The summed E-state index contributed by atoms with van der Waals surface area (Å²) in [5.41, 5.74) is 7.05. The Morgan fingerprint density at radius 2 is 1.59 bits per heavy atom. The van der Waals surface area contributed by atoms with Crippen LogP contribution in [0.15, 0.2) is 88.1 Å². The van der Waals surface area contributed by atoms with Gasteiger partial charge in [0, 0.05) is 88.6 Å². The summed E-state index contributed by atoms with van der Waals surface area (Å²) in [6.07, 6.45) is 10.6. The third-order valence-corrected chi connectivity index (χ3v) is 15.8. The van der Waals surface area contributed by atoms with E-state index >= 15 is 0 Å². The number of para-hydroxylation sites is 2. The number of nitrogens with zero attached hydrogens (tertiary/aromatic N) is 2. The maximum Gasteiger partial charge on any atom is 0.349 e. The fraction of sp³-hybridized carbons (Fsp3) is 0.436. The van der Waals surface area contributed by atoms with E-state index < -0.39 is 17.5 Å². The van der Waals surface area contributed by atoms with E-state index in [1.165, 1.54) is 33.1 Å². The van der Waals surface area contributed by atoms with Crippen molar-refractivity contribution in [1.29, 1.82) is 0 Å². The number of hydrogen-bond acceptors (Lipinski definition) is 10. The van der Waals surface area contributed by atoms with Gasteiger partial charge in [0.25, 0.3) is 5.91 Å². The Bertz CT molecular complexity index is 2930. The fourth-order valence-electron chi connectivity index (χ4n) is 10.9. The molecule has 10 rings (SSSR count). The molecular weight excluding hydrogens is 905 g/mol. The molecule has 6 aromatic rings. The van der Waals surface area contributed by atoms with Gasteiger partial charge in [-0.2, -0.15) is 11.8 Å². The minimum Gasteiger partial charge on any atom is -0.493 e. The first-order chi connectivity index (χ1) is 34.3. The second kappa shape index (κ2) is 21.7. The zero-order valence-corrected chi connectivity index (χ0v) is 40.5. The van der Waals surface area contributed by atoms with Crippen LogP contribution in [-0.2, 0) is 35.5 Å². The number of ether oxygens (including phenoxy) is 2. The van der Waals surface area contributed by atoms with Crippen LogP contribution < -0.4 is 36.5 Å². The predicted molar refractivity (Wildman–Crippen MR) is 274 cm³/mol. The summed E-state index contributed by atoms with van der Waals surface area (Å²) < 4.78 is 20.2. The number of amides is 4. The van der Waals surface area contributed by atoms with E-state index in [2.05, 4.69) is 85.3 Å². The first-order valence-corrected chi connectivity index (χ1v) is 26.3. The molecule has 70 heavy (non-hydrogen) atoms. The highest BCUT2D eigenvalue weighted by Crippen LogP contribution is 2.40. The number of nitrogens with one attached hydrogen (secondary N) is 4. The van der Waals surface area contributed by atoms with Crippen molar-refractivity contribution in [3.63, 3.8) is 0 Å². The lowest BCUT2D eigenvalue weighted by molar-refractivity contribution is -0.121. The van der Waals surface area contributed by atoms with Crippen LogP contribution in [0.3, 0.4) is 0 Å². The van der Waals surface area contributed by atoms with Gasteiger partial charge in [-0.1, -0.05) is 49.2 Å². The number of anilines is 1. The quantitative estimate of drug-likeness (QED) is 0.0237. The van der Waals surface area contributed by atoms with E-state index in [0.717, 1.165) is 106 Å². The number of fused-ring (bicyclic) bond motifs is 6. The highest BCUT2D eigenvalue weighted by Gasteiger charge is 2.42. The number of urea groups is 1. The molecule has 6 heterocycles. The van der Waals surface area contributed by atoms with Crippen LogP contribution in [-0.4, -0.2) is 84.3 Å². The lowest BCUT2D eigenvalue weighted by atomic mass is 9.90. The Balaban J connectivity index is 0.696. The molecule has 0 spiro atoms. The highest BCUT2D eigenvalue weighted by molar-refractivity contribution is 8.00. The molecule has 4 aliphatic heterocycles. The molecule has 4 N–H and O–H groups in total. The third kappa shape index (κ3) is 10.5. The number of esters is 1. The van der Waals surface area contributed by atoms with E-state index in [0.29, 0.717) is 54.6 Å². The zero-order chi connectivity index (χ0) is 48.0. The van der Waals surface area contributed by atoms with Gasteiger partial charge >= 0.3 is 17.6 Å². The van der Waals surface area contributed by atoms with E-state index in [9.17, 15) is 24.0 Å². The van der Waals surface area contributed by atoms with Crippen LogP contribution >= 0.6 is 11.8 Å². The summed E-state index contributed by atoms with van der Waals surface area (Å²) in [5, 5.41) is 15.5. The van der Waals surface area contributed by atoms with Crippen molar-refractivity contribution >= 4 is 74.0 Å². The molecule has 0 radical (unpaired) electrons. The number of rotatable bonds is 21. The Morgan fingerprint density at radius 1 is 0.800 bits per heavy atom. The first-order valence-electron chi connectivity index (χ1n) is 25.3. The maximum absolute atomic E-state index is 13.5. The van der Waals surface area contributed by atoms with Gasteiger partial charge in [0.05, 0.1) is 30.9 Å². The van der Waals surface area contributed by atoms with Crippen molar-refractivity contribution in [2.45, 2.75) is 114 Å². The van der Waals surface area contributed by atoms with Gasteiger partial charge in [0.2, 0.25) is 5.91 Å². The molecule has 0 aliphatic carbocycles. The number of aromatic nitrogens is 1. The van der Waals surface area contributed by atoms with Crippen LogP contribution in [0.5, 0.6) is 5.75 Å². The van der Waals surface area contributed by atoms with E-state index in [4.69, 9.17) is 13.9 Å². The van der Waals surface area contributed by atoms with Crippen LogP contribution in [0.2, 0.25) is 0 Å². The van der Waals surface area contributed by atoms with Gasteiger partial charge < -0.3 is 44.6 Å². The third-order valence-electron chi connectivity index (χ3n) is 14.3. The standard InChI is InChI=1S/C55H62N6O8S/c62-48(21-8-7-20-47-49-44(34-70-47)58-55(66)59-49)57-33-35-28-38(31-39(29-35)67-27-13-25-61-45-18-5-3-15-40(45)41-16-4-6-19-46(41)61)53(64)68-26-10-2-1-9-22-56-52(63)43-32-37-30-36-14-11-23-60-24-12-17-42(50(36)60)51(37)69-54(43)65/h3-6,15-16,18-19,28-32,44,47,49H,1-2,7-14,17,20-27,33-34H2,(H,56,63)(H,57,62)(H2,58,59,66)/t44-,47-,49-/m0/s1. The number of benzene rings is 4. The van der Waals surface area contributed by atoms with Crippen molar-refractivity contribution in [2.24, 2.45) is 0 Å². The van der Waals surface area contributed by atoms with Gasteiger partial charge in [-0.15, -0.1) is 0 Å². The number of unbranched alkanes of at least 4 members (excludes halogenated alkanes) is 4. The minimum absolute atomic E-state index is 0.0256. The predicted octanol–water partition coefficient (Wildman–Crippen LogP) is 8.56. The lowest BCUT2D eigenvalue weighted by Crippen LogP contribution is -2.36. The minimum atomic E-state index is -0.611. The van der Waals surface area contributed by atoms with E-state index in [1.54, 1.807) is 18.2 Å². The average molecular weight is 967 g/mol. The van der Waals surface area contributed by atoms with Crippen molar-refractivity contribution in [3.05, 3.63) is 117 Å². The molecule has 4 amide bonds. The summed E-state index contributed by atoms with van der Waals surface area (Å²) in [6, 6.07) is 26.2. The summed E-state index contributed by atoms with van der Waals surface area (Å²) in [6.45, 7) is 4.09. The molecule has 366 valence electrons. The van der Waals surface area contributed by atoms with Gasteiger partial charge in [-0.3, -0.25) is 9.59 Å². The molecule has 14 nitrogen and oxygen atoms in total. The number of thioether (sulfide) groups is 1. The molecule has 4 aliphatic rings. The maximum atomic E-state index is 13.5.